The summed E-state index contributed by atoms with van der Waals surface area (Å²) < 4.78 is 10.2. The van der Waals surface area contributed by atoms with Crippen LogP contribution in [0.5, 0.6) is 0 Å². The third-order valence-electron chi connectivity index (χ3n) is 0.874. The smallest absolute Gasteiger partial charge is 0.154 e. The van der Waals surface area contributed by atoms with Crippen LogP contribution < -0.4 is 0 Å². The first kappa shape index (κ1) is 10.6. The number of halogens is 1. The van der Waals surface area contributed by atoms with Crippen molar-refractivity contribution in [2.75, 3.05) is 24.8 Å². The summed E-state index contributed by atoms with van der Waals surface area (Å²) >= 11 is 9.36. The van der Waals surface area contributed by atoms with E-state index in [2.05, 4.69) is 12.6 Å². The molecule has 0 aliphatic heterocycles. The van der Waals surface area contributed by atoms with Crippen molar-refractivity contribution in [2.45, 2.75) is 13.2 Å². The zero-order valence-corrected chi connectivity index (χ0v) is 7.70. The Labute approximate surface area is 72.2 Å². The quantitative estimate of drug-likeness (QED) is 0.384. The monoisotopic (exact) mass is 184 g/mol. The van der Waals surface area contributed by atoms with Crippen LogP contribution in [-0.2, 0) is 9.47 Å². The Balaban J connectivity index is 3.00. The Morgan fingerprint density at radius 1 is 1.40 bits per heavy atom. The van der Waals surface area contributed by atoms with Gasteiger partial charge in [0.1, 0.15) is 0 Å². The van der Waals surface area contributed by atoms with Gasteiger partial charge in [0, 0.05) is 11.6 Å². The number of rotatable bonds is 6. The molecule has 0 aromatic heterocycles. The average Bonchev–Trinajstić information content (AvgIpc) is 1.97. The van der Waals surface area contributed by atoms with Gasteiger partial charge in [0.05, 0.1) is 13.2 Å². The molecule has 0 spiro atoms. The van der Waals surface area contributed by atoms with Gasteiger partial charge in [-0.2, -0.15) is 12.6 Å². The fraction of sp³-hybridized carbons (Fsp3) is 1.00. The lowest BCUT2D eigenvalue weighted by Crippen LogP contribution is -2.15. The standard InChI is InChI=1S/C6H13ClO2S/c1-6(8-3-2-7)9-4-5-10/h6,10H,2-5H2,1H3. The van der Waals surface area contributed by atoms with Crippen LogP contribution in [0.15, 0.2) is 0 Å². The van der Waals surface area contributed by atoms with Gasteiger partial charge in [-0.15, -0.1) is 11.6 Å². The van der Waals surface area contributed by atoms with Crippen molar-refractivity contribution in [1.29, 1.82) is 0 Å². The summed E-state index contributed by atoms with van der Waals surface area (Å²) in [5.41, 5.74) is 0. The SMILES string of the molecule is CC(OCCS)OCCCl. The molecule has 1 atom stereocenters. The summed E-state index contributed by atoms with van der Waals surface area (Å²) in [7, 11) is 0. The van der Waals surface area contributed by atoms with Crippen LogP contribution in [0.3, 0.4) is 0 Å². The highest BCUT2D eigenvalue weighted by Gasteiger charge is 1.98. The van der Waals surface area contributed by atoms with E-state index >= 15 is 0 Å². The molecule has 0 aromatic carbocycles. The van der Waals surface area contributed by atoms with Gasteiger partial charge < -0.3 is 9.47 Å². The van der Waals surface area contributed by atoms with Crippen LogP contribution in [0.2, 0.25) is 0 Å². The van der Waals surface area contributed by atoms with E-state index in [1.54, 1.807) is 0 Å². The molecule has 4 heteroatoms. The van der Waals surface area contributed by atoms with E-state index in [0.717, 1.165) is 0 Å². The third-order valence-corrected chi connectivity index (χ3v) is 1.21. The van der Waals surface area contributed by atoms with E-state index in [1.807, 2.05) is 6.92 Å². The molecule has 0 heterocycles. The molecule has 0 amide bonds. The fourth-order valence-electron chi connectivity index (χ4n) is 0.477. The minimum Gasteiger partial charge on any atom is -0.352 e. The molecule has 0 fully saturated rings. The second-order valence-electron chi connectivity index (χ2n) is 1.72. The molecule has 0 saturated carbocycles. The van der Waals surface area contributed by atoms with Gasteiger partial charge >= 0.3 is 0 Å². The molecule has 0 rings (SSSR count). The van der Waals surface area contributed by atoms with Gasteiger partial charge in [-0.1, -0.05) is 0 Å². The maximum Gasteiger partial charge on any atom is 0.154 e. The van der Waals surface area contributed by atoms with Gasteiger partial charge in [0.15, 0.2) is 6.29 Å². The molecular formula is C6H13ClO2S. The van der Waals surface area contributed by atoms with E-state index in [9.17, 15) is 0 Å². The topological polar surface area (TPSA) is 18.5 Å². The Kier molecular flexibility index (Phi) is 8.09. The molecule has 2 nitrogen and oxygen atoms in total. The number of ether oxygens (including phenoxy) is 2. The van der Waals surface area contributed by atoms with Crippen molar-refractivity contribution in [2.24, 2.45) is 0 Å². The molecule has 0 aromatic rings. The molecule has 1 unspecified atom stereocenters. The highest BCUT2D eigenvalue weighted by atomic mass is 35.5. The highest BCUT2D eigenvalue weighted by molar-refractivity contribution is 7.80. The van der Waals surface area contributed by atoms with E-state index in [-0.39, 0.29) is 6.29 Å². The van der Waals surface area contributed by atoms with Gasteiger partial charge in [-0.3, -0.25) is 0 Å². The van der Waals surface area contributed by atoms with Crippen LogP contribution in [0.1, 0.15) is 6.92 Å². The first-order valence-corrected chi connectivity index (χ1v) is 4.38. The van der Waals surface area contributed by atoms with Gasteiger partial charge in [0.2, 0.25) is 0 Å². The van der Waals surface area contributed by atoms with Crippen LogP contribution in [0.25, 0.3) is 0 Å². The lowest BCUT2D eigenvalue weighted by molar-refractivity contribution is -0.121. The first-order chi connectivity index (χ1) is 4.81. The summed E-state index contributed by atoms with van der Waals surface area (Å²) in [5.74, 6) is 1.23. The van der Waals surface area contributed by atoms with Gasteiger partial charge in [-0.05, 0) is 6.92 Å². The Morgan fingerprint density at radius 3 is 2.50 bits per heavy atom. The molecule has 0 N–H and O–H groups in total. The zero-order chi connectivity index (χ0) is 7.82. The van der Waals surface area contributed by atoms with Crippen LogP contribution >= 0.6 is 24.2 Å². The molecule has 0 aliphatic rings. The van der Waals surface area contributed by atoms with Gasteiger partial charge in [0.25, 0.3) is 0 Å². The lowest BCUT2D eigenvalue weighted by Gasteiger charge is -2.11. The van der Waals surface area contributed by atoms with E-state index < -0.39 is 0 Å². The summed E-state index contributed by atoms with van der Waals surface area (Å²) in [6, 6.07) is 0. The van der Waals surface area contributed by atoms with Crippen molar-refractivity contribution in [3.63, 3.8) is 0 Å². The molecular weight excluding hydrogens is 172 g/mol. The van der Waals surface area contributed by atoms with Crippen molar-refractivity contribution in [1.82, 2.24) is 0 Å². The largest absolute Gasteiger partial charge is 0.352 e. The summed E-state index contributed by atoms with van der Waals surface area (Å²) in [6.45, 7) is 3.00. The van der Waals surface area contributed by atoms with Crippen LogP contribution in [0, 0.1) is 0 Å². The van der Waals surface area contributed by atoms with E-state index in [0.29, 0.717) is 24.8 Å². The van der Waals surface area contributed by atoms with Crippen LogP contribution in [0.4, 0.5) is 0 Å². The van der Waals surface area contributed by atoms with Crippen molar-refractivity contribution in [3.8, 4) is 0 Å². The number of hydrogen-bond donors (Lipinski definition) is 1. The fourth-order valence-corrected chi connectivity index (χ4v) is 0.672. The Morgan fingerprint density at radius 2 is 2.00 bits per heavy atom. The normalized spacial score (nSPS) is 13.5. The second kappa shape index (κ2) is 7.66. The predicted octanol–water partition coefficient (Wildman–Crippen LogP) is 1.53. The lowest BCUT2D eigenvalue weighted by atomic mass is 10.7. The van der Waals surface area contributed by atoms with Crippen molar-refractivity contribution in [3.05, 3.63) is 0 Å². The number of hydrogen-bond acceptors (Lipinski definition) is 3. The van der Waals surface area contributed by atoms with E-state index in [1.165, 1.54) is 0 Å². The summed E-state index contributed by atoms with van der Waals surface area (Å²) in [4.78, 5) is 0. The predicted molar refractivity (Wildman–Crippen MR) is 45.9 cm³/mol. The maximum absolute atomic E-state index is 5.38. The Hall–Kier alpha value is 0.560. The maximum atomic E-state index is 5.38. The minimum atomic E-state index is -0.161. The van der Waals surface area contributed by atoms with Crippen LogP contribution in [-0.4, -0.2) is 31.1 Å². The third kappa shape index (κ3) is 6.68. The molecule has 0 bridgehead atoms. The Bertz CT molecular complexity index is 64.8. The van der Waals surface area contributed by atoms with Gasteiger partial charge in [-0.25, -0.2) is 0 Å². The zero-order valence-electron chi connectivity index (χ0n) is 6.05. The molecule has 0 radical (unpaired) electrons. The second-order valence-corrected chi connectivity index (χ2v) is 2.55. The molecule has 10 heavy (non-hydrogen) atoms. The highest BCUT2D eigenvalue weighted by Crippen LogP contribution is 1.93. The van der Waals surface area contributed by atoms with Crippen molar-refractivity contribution >= 4 is 24.2 Å². The number of alkyl halides is 1. The number of thiol groups is 1. The summed E-state index contributed by atoms with van der Waals surface area (Å²) in [5, 5.41) is 0. The minimum absolute atomic E-state index is 0.161. The first-order valence-electron chi connectivity index (χ1n) is 3.21. The van der Waals surface area contributed by atoms with Crippen molar-refractivity contribution < 1.29 is 9.47 Å². The average molecular weight is 185 g/mol. The molecule has 62 valence electrons. The summed E-state index contributed by atoms with van der Waals surface area (Å²) in [6.07, 6.45) is -0.161. The molecule has 0 saturated heterocycles. The van der Waals surface area contributed by atoms with E-state index in [4.69, 9.17) is 21.1 Å². The molecule has 0 aliphatic carbocycles.